The summed E-state index contributed by atoms with van der Waals surface area (Å²) in [5.74, 6) is -2.70. The van der Waals surface area contributed by atoms with Gasteiger partial charge in [-0.2, -0.15) is 0 Å². The number of phenolic OH excluding ortho intramolecular Hbond substituents is 1. The largest absolute Gasteiger partial charge is 0.508 e. The number of nitrogens with one attached hydrogen (secondary N) is 3. The molecule has 10 nitrogen and oxygen atoms in total. The zero-order valence-electron chi connectivity index (χ0n) is 23.6. The number of carboxylic acids is 1. The van der Waals surface area contributed by atoms with Crippen molar-refractivity contribution >= 4 is 23.7 Å². The van der Waals surface area contributed by atoms with E-state index in [2.05, 4.69) is 16.0 Å². The third kappa shape index (κ3) is 11.1. The van der Waals surface area contributed by atoms with Crippen LogP contribution in [0.5, 0.6) is 5.75 Å². The van der Waals surface area contributed by atoms with Crippen LogP contribution in [0.4, 0.5) is 0 Å². The van der Waals surface area contributed by atoms with Crippen molar-refractivity contribution < 1.29 is 29.4 Å². The van der Waals surface area contributed by atoms with E-state index in [1.165, 1.54) is 12.1 Å². The van der Waals surface area contributed by atoms with Crippen molar-refractivity contribution in [3.63, 3.8) is 0 Å². The van der Waals surface area contributed by atoms with Crippen LogP contribution in [0.25, 0.3) is 0 Å². The number of carbonyl (C=O) groups excluding carboxylic acids is 3. The van der Waals surface area contributed by atoms with E-state index in [-0.39, 0.29) is 36.8 Å². The van der Waals surface area contributed by atoms with Gasteiger partial charge < -0.3 is 31.9 Å². The zero-order chi connectivity index (χ0) is 29.8. The monoisotopic (exact) mass is 554 g/mol. The standard InChI is InChI=1S/C30H42N4O6/c1-18(2)14-24(32-27(36)23(31)16-21-10-12-22(35)13-11-21)28(37)33-25(17-20-8-6-5-7-9-20)29(38)34-26(30(39)40)15-19(3)4/h5-13,18-19,23-26,35H,14-17,31H2,1-4H3,(H,32,36)(H,33,37)(H,34,38)(H,39,40). The number of hydrogen-bond donors (Lipinski definition) is 6. The van der Waals surface area contributed by atoms with Crippen LogP contribution < -0.4 is 21.7 Å². The maximum Gasteiger partial charge on any atom is 0.326 e. The molecule has 0 spiro atoms. The average Bonchev–Trinajstić information content (AvgIpc) is 2.88. The van der Waals surface area contributed by atoms with E-state index >= 15 is 0 Å². The number of amides is 3. The molecular weight excluding hydrogens is 512 g/mol. The molecule has 218 valence electrons. The highest BCUT2D eigenvalue weighted by Crippen LogP contribution is 2.13. The summed E-state index contributed by atoms with van der Waals surface area (Å²) in [5, 5.41) is 27.1. The Hall–Kier alpha value is -3.92. The van der Waals surface area contributed by atoms with Gasteiger partial charge in [0.25, 0.3) is 0 Å². The van der Waals surface area contributed by atoms with Gasteiger partial charge in [0.15, 0.2) is 0 Å². The molecule has 0 aliphatic rings. The molecule has 0 aliphatic heterocycles. The molecule has 2 rings (SSSR count). The zero-order valence-corrected chi connectivity index (χ0v) is 23.6. The number of carbonyl (C=O) groups is 4. The molecule has 10 heteroatoms. The summed E-state index contributed by atoms with van der Waals surface area (Å²) in [7, 11) is 0. The van der Waals surface area contributed by atoms with E-state index in [0.717, 1.165) is 11.1 Å². The normalized spacial score (nSPS) is 14.2. The molecule has 2 aromatic carbocycles. The summed E-state index contributed by atoms with van der Waals surface area (Å²) in [4.78, 5) is 51.4. The predicted octanol–water partition coefficient (Wildman–Crippen LogP) is 2.14. The quantitative estimate of drug-likeness (QED) is 0.196. The molecule has 0 aromatic heterocycles. The van der Waals surface area contributed by atoms with Gasteiger partial charge in [-0.25, -0.2) is 4.79 Å². The summed E-state index contributed by atoms with van der Waals surface area (Å²) < 4.78 is 0. The first kappa shape index (κ1) is 32.3. The van der Waals surface area contributed by atoms with Crippen molar-refractivity contribution in [2.75, 3.05) is 0 Å². The third-order valence-corrected chi connectivity index (χ3v) is 6.31. The summed E-state index contributed by atoms with van der Waals surface area (Å²) in [5.41, 5.74) is 7.64. The van der Waals surface area contributed by atoms with Gasteiger partial charge in [0.2, 0.25) is 17.7 Å². The minimum atomic E-state index is -1.15. The smallest absolute Gasteiger partial charge is 0.326 e. The first-order chi connectivity index (χ1) is 18.8. The van der Waals surface area contributed by atoms with Crippen LogP contribution in [0, 0.1) is 11.8 Å². The van der Waals surface area contributed by atoms with Crippen molar-refractivity contribution in [1.82, 2.24) is 16.0 Å². The Morgan fingerprint density at radius 1 is 0.675 bits per heavy atom. The van der Waals surface area contributed by atoms with Crippen molar-refractivity contribution in [1.29, 1.82) is 0 Å². The maximum atomic E-state index is 13.4. The lowest BCUT2D eigenvalue weighted by Gasteiger charge is -2.26. The van der Waals surface area contributed by atoms with E-state index in [9.17, 15) is 29.4 Å². The summed E-state index contributed by atoms with van der Waals surface area (Å²) in [6.07, 6.45) is 0.870. The highest BCUT2D eigenvalue weighted by Gasteiger charge is 2.31. The summed E-state index contributed by atoms with van der Waals surface area (Å²) >= 11 is 0. The van der Waals surface area contributed by atoms with Crippen molar-refractivity contribution in [2.45, 2.75) is 77.5 Å². The molecule has 7 N–H and O–H groups in total. The highest BCUT2D eigenvalue weighted by atomic mass is 16.4. The van der Waals surface area contributed by atoms with Gasteiger partial charge >= 0.3 is 5.97 Å². The minimum Gasteiger partial charge on any atom is -0.508 e. The van der Waals surface area contributed by atoms with Crippen molar-refractivity contribution in [3.05, 3.63) is 65.7 Å². The van der Waals surface area contributed by atoms with Crippen molar-refractivity contribution in [3.8, 4) is 5.75 Å². The van der Waals surface area contributed by atoms with Gasteiger partial charge in [0.05, 0.1) is 6.04 Å². The molecule has 0 fully saturated rings. The molecule has 4 atom stereocenters. The van der Waals surface area contributed by atoms with E-state index < -0.39 is 47.9 Å². The molecule has 0 aliphatic carbocycles. The maximum absolute atomic E-state index is 13.4. The molecule has 2 aromatic rings. The fourth-order valence-electron chi connectivity index (χ4n) is 4.26. The minimum absolute atomic E-state index is 0.0278. The first-order valence-corrected chi connectivity index (χ1v) is 13.6. The fraction of sp³-hybridized carbons (Fsp3) is 0.467. The number of hydrogen-bond acceptors (Lipinski definition) is 6. The number of carboxylic acid groups (broad SMARTS) is 1. The fourth-order valence-corrected chi connectivity index (χ4v) is 4.26. The van der Waals surface area contributed by atoms with Gasteiger partial charge in [-0.05, 0) is 54.4 Å². The topological polar surface area (TPSA) is 171 Å². The van der Waals surface area contributed by atoms with Crippen LogP contribution in [0.1, 0.15) is 51.7 Å². The van der Waals surface area contributed by atoms with Crippen LogP contribution in [-0.2, 0) is 32.0 Å². The van der Waals surface area contributed by atoms with Crippen LogP contribution in [0.2, 0.25) is 0 Å². The van der Waals surface area contributed by atoms with Crippen molar-refractivity contribution in [2.24, 2.45) is 17.6 Å². The molecule has 0 radical (unpaired) electrons. The second-order valence-electron chi connectivity index (χ2n) is 10.9. The summed E-state index contributed by atoms with van der Waals surface area (Å²) in [6, 6.07) is 11.3. The van der Waals surface area contributed by atoms with E-state index in [0.29, 0.717) is 6.42 Å². The molecule has 3 amide bonds. The summed E-state index contributed by atoms with van der Waals surface area (Å²) in [6.45, 7) is 7.52. The Balaban J connectivity index is 2.20. The molecule has 40 heavy (non-hydrogen) atoms. The lowest BCUT2D eigenvalue weighted by Crippen LogP contribution is -2.58. The lowest BCUT2D eigenvalue weighted by atomic mass is 9.99. The molecular formula is C30H42N4O6. The van der Waals surface area contributed by atoms with Crippen LogP contribution in [0.15, 0.2) is 54.6 Å². The molecule has 0 heterocycles. The Morgan fingerprint density at radius 3 is 1.70 bits per heavy atom. The average molecular weight is 555 g/mol. The van der Waals surface area contributed by atoms with E-state index in [1.807, 2.05) is 58.0 Å². The number of aromatic hydroxyl groups is 1. The first-order valence-electron chi connectivity index (χ1n) is 13.6. The van der Waals surface area contributed by atoms with Gasteiger partial charge in [-0.1, -0.05) is 70.2 Å². The molecule has 0 saturated heterocycles. The number of phenols is 1. The molecule has 0 bridgehead atoms. The van der Waals surface area contributed by atoms with Gasteiger partial charge in [-0.3, -0.25) is 14.4 Å². The van der Waals surface area contributed by atoms with Crippen LogP contribution >= 0.6 is 0 Å². The van der Waals surface area contributed by atoms with E-state index in [1.54, 1.807) is 12.1 Å². The van der Waals surface area contributed by atoms with Gasteiger partial charge in [0.1, 0.15) is 23.9 Å². The van der Waals surface area contributed by atoms with Crippen LogP contribution in [-0.4, -0.2) is 58.1 Å². The Morgan fingerprint density at radius 2 is 1.15 bits per heavy atom. The highest BCUT2D eigenvalue weighted by molar-refractivity contribution is 5.94. The second kappa shape index (κ2) is 15.6. The van der Waals surface area contributed by atoms with Crippen LogP contribution in [0.3, 0.4) is 0 Å². The Bertz CT molecular complexity index is 1120. The Kier molecular flexibility index (Phi) is 12.6. The molecule has 4 unspecified atom stereocenters. The Labute approximate surface area is 235 Å². The van der Waals surface area contributed by atoms with Gasteiger partial charge in [0, 0.05) is 6.42 Å². The number of aliphatic carboxylic acids is 1. The SMILES string of the molecule is CC(C)CC(NC(=O)C(Cc1ccccc1)NC(=O)C(CC(C)C)NC(=O)C(N)Cc1ccc(O)cc1)C(=O)O. The van der Waals surface area contributed by atoms with Gasteiger partial charge in [-0.15, -0.1) is 0 Å². The predicted molar refractivity (Wildman–Crippen MR) is 152 cm³/mol. The second-order valence-corrected chi connectivity index (χ2v) is 10.9. The lowest BCUT2D eigenvalue weighted by molar-refractivity contribution is -0.142. The van der Waals surface area contributed by atoms with E-state index in [4.69, 9.17) is 5.73 Å². The molecule has 0 saturated carbocycles. The number of rotatable bonds is 15. The number of benzene rings is 2. The number of nitrogens with two attached hydrogens (primary N) is 1. The third-order valence-electron chi connectivity index (χ3n) is 6.31.